The predicted octanol–water partition coefficient (Wildman–Crippen LogP) is 3.72. The zero-order chi connectivity index (χ0) is 15.6. The summed E-state index contributed by atoms with van der Waals surface area (Å²) in [5, 5.41) is 3.52. The van der Waals surface area contributed by atoms with Crippen LogP contribution in [0.25, 0.3) is 0 Å². The minimum atomic E-state index is 0.155. The van der Waals surface area contributed by atoms with Gasteiger partial charge >= 0.3 is 0 Å². The second kappa shape index (κ2) is 10.2. The van der Waals surface area contributed by atoms with Crippen LogP contribution in [0.5, 0.6) is 0 Å². The Kier molecular flexibility index (Phi) is 9.00. The highest BCUT2D eigenvalue weighted by atomic mass is 32.2. The van der Waals surface area contributed by atoms with Gasteiger partial charge in [-0.25, -0.2) is 0 Å². The Labute approximate surface area is 133 Å². The summed E-state index contributed by atoms with van der Waals surface area (Å²) in [5.74, 6) is 1.09. The maximum atomic E-state index is 5.46. The molecule has 120 valence electrons. The minimum Gasteiger partial charge on any atom is -0.382 e. The number of rotatable bonds is 10. The average Bonchev–Trinajstić information content (AvgIpc) is 2.44. The van der Waals surface area contributed by atoms with Crippen molar-refractivity contribution in [2.75, 3.05) is 32.7 Å². The van der Waals surface area contributed by atoms with Crippen LogP contribution in [0.4, 0.5) is 0 Å². The molecule has 0 aliphatic rings. The average molecular weight is 311 g/mol. The van der Waals surface area contributed by atoms with E-state index in [-0.39, 0.29) is 5.54 Å². The first-order chi connectivity index (χ1) is 10.0. The number of methoxy groups -OCH3 is 1. The molecular weight excluding hydrogens is 282 g/mol. The standard InChI is InChI=1S/C17H29NO2S/c1-17(2,3)18-14-15-7-5-8-16(13-15)21-12-6-9-20-11-10-19-4/h5,7-8,13,18H,6,9-12,14H2,1-4H3. The molecule has 21 heavy (non-hydrogen) atoms. The molecule has 0 aliphatic carbocycles. The summed E-state index contributed by atoms with van der Waals surface area (Å²) >= 11 is 1.89. The summed E-state index contributed by atoms with van der Waals surface area (Å²) in [6.07, 6.45) is 1.07. The molecule has 1 aromatic carbocycles. The SMILES string of the molecule is COCCOCCCSc1cccc(CNC(C)(C)C)c1. The van der Waals surface area contributed by atoms with Gasteiger partial charge < -0.3 is 14.8 Å². The molecule has 4 heteroatoms. The zero-order valence-corrected chi connectivity index (χ0v) is 14.6. The third-order valence-corrected chi connectivity index (χ3v) is 3.93. The van der Waals surface area contributed by atoms with Gasteiger partial charge in [0.05, 0.1) is 13.2 Å². The number of ether oxygens (including phenoxy) is 2. The van der Waals surface area contributed by atoms with E-state index in [4.69, 9.17) is 9.47 Å². The van der Waals surface area contributed by atoms with Gasteiger partial charge in [-0.2, -0.15) is 0 Å². The second-order valence-corrected chi connectivity index (χ2v) is 7.23. The van der Waals surface area contributed by atoms with Gasteiger partial charge in [0.25, 0.3) is 0 Å². The van der Waals surface area contributed by atoms with Gasteiger partial charge in [-0.15, -0.1) is 11.8 Å². The first kappa shape index (κ1) is 18.5. The Hall–Kier alpha value is -0.550. The van der Waals surface area contributed by atoms with E-state index >= 15 is 0 Å². The fourth-order valence-electron chi connectivity index (χ4n) is 1.71. The van der Waals surface area contributed by atoms with Crippen molar-refractivity contribution >= 4 is 11.8 Å². The molecule has 0 unspecified atom stereocenters. The van der Waals surface area contributed by atoms with Crippen LogP contribution in [0.2, 0.25) is 0 Å². The maximum Gasteiger partial charge on any atom is 0.0700 e. The molecule has 0 spiro atoms. The summed E-state index contributed by atoms with van der Waals surface area (Å²) in [7, 11) is 1.70. The molecule has 0 heterocycles. The van der Waals surface area contributed by atoms with E-state index in [0.717, 1.165) is 25.3 Å². The van der Waals surface area contributed by atoms with E-state index in [1.54, 1.807) is 7.11 Å². The highest BCUT2D eigenvalue weighted by molar-refractivity contribution is 7.99. The topological polar surface area (TPSA) is 30.5 Å². The molecule has 0 radical (unpaired) electrons. The minimum absolute atomic E-state index is 0.155. The quantitative estimate of drug-likeness (QED) is 0.527. The van der Waals surface area contributed by atoms with Gasteiger partial charge in [-0.05, 0) is 44.9 Å². The van der Waals surface area contributed by atoms with Gasteiger partial charge in [0, 0.05) is 36.4 Å². The van der Waals surface area contributed by atoms with Crippen molar-refractivity contribution in [2.24, 2.45) is 0 Å². The molecule has 1 aromatic rings. The lowest BCUT2D eigenvalue weighted by atomic mass is 10.1. The molecule has 3 nitrogen and oxygen atoms in total. The first-order valence-electron chi connectivity index (χ1n) is 7.55. The Balaban J connectivity index is 2.23. The molecule has 0 bridgehead atoms. The highest BCUT2D eigenvalue weighted by Crippen LogP contribution is 2.20. The van der Waals surface area contributed by atoms with Crippen molar-refractivity contribution in [3.8, 4) is 0 Å². The van der Waals surface area contributed by atoms with Gasteiger partial charge in [-0.1, -0.05) is 12.1 Å². The molecule has 1 rings (SSSR count). The van der Waals surface area contributed by atoms with Crippen molar-refractivity contribution in [1.29, 1.82) is 0 Å². The second-order valence-electron chi connectivity index (χ2n) is 6.06. The number of hydrogen-bond acceptors (Lipinski definition) is 4. The monoisotopic (exact) mass is 311 g/mol. The third-order valence-electron chi connectivity index (χ3n) is 2.85. The van der Waals surface area contributed by atoms with E-state index in [1.807, 2.05) is 11.8 Å². The van der Waals surface area contributed by atoms with E-state index in [1.165, 1.54) is 10.5 Å². The predicted molar refractivity (Wildman–Crippen MR) is 91.1 cm³/mol. The lowest BCUT2D eigenvalue weighted by Crippen LogP contribution is -2.35. The Morgan fingerprint density at radius 1 is 1.14 bits per heavy atom. The molecule has 0 aliphatic heterocycles. The maximum absolute atomic E-state index is 5.46. The van der Waals surface area contributed by atoms with Crippen molar-refractivity contribution < 1.29 is 9.47 Å². The molecule has 0 atom stereocenters. The van der Waals surface area contributed by atoms with Crippen LogP contribution in [0.15, 0.2) is 29.2 Å². The summed E-state index contributed by atoms with van der Waals surface area (Å²) in [5.41, 5.74) is 1.49. The smallest absolute Gasteiger partial charge is 0.0700 e. The fraction of sp³-hybridized carbons (Fsp3) is 0.647. The Bertz CT molecular complexity index is 391. The molecule has 0 saturated carbocycles. The fourth-order valence-corrected chi connectivity index (χ4v) is 2.62. The van der Waals surface area contributed by atoms with Gasteiger partial charge in [0.1, 0.15) is 0 Å². The number of benzene rings is 1. The van der Waals surface area contributed by atoms with Crippen molar-refractivity contribution in [2.45, 2.75) is 44.2 Å². The van der Waals surface area contributed by atoms with E-state index in [0.29, 0.717) is 13.2 Å². The van der Waals surface area contributed by atoms with Gasteiger partial charge in [0.2, 0.25) is 0 Å². The summed E-state index contributed by atoms with van der Waals surface area (Å²) in [6, 6.07) is 8.76. The molecule has 0 saturated heterocycles. The lowest BCUT2D eigenvalue weighted by Gasteiger charge is -2.20. The third kappa shape index (κ3) is 9.91. The normalized spacial score (nSPS) is 11.8. The van der Waals surface area contributed by atoms with E-state index in [2.05, 4.69) is 50.4 Å². The molecule has 0 fully saturated rings. The van der Waals surface area contributed by atoms with Crippen LogP contribution in [-0.2, 0) is 16.0 Å². The molecule has 0 aromatic heterocycles. The van der Waals surface area contributed by atoms with Crippen molar-refractivity contribution in [3.63, 3.8) is 0 Å². The Morgan fingerprint density at radius 3 is 2.67 bits per heavy atom. The summed E-state index contributed by atoms with van der Waals surface area (Å²) in [6.45, 7) is 9.66. The summed E-state index contributed by atoms with van der Waals surface area (Å²) < 4.78 is 10.4. The van der Waals surface area contributed by atoms with Crippen molar-refractivity contribution in [3.05, 3.63) is 29.8 Å². The first-order valence-corrected chi connectivity index (χ1v) is 8.53. The van der Waals surface area contributed by atoms with Crippen molar-refractivity contribution in [1.82, 2.24) is 5.32 Å². The zero-order valence-electron chi connectivity index (χ0n) is 13.8. The van der Waals surface area contributed by atoms with Crippen LogP contribution in [0, 0.1) is 0 Å². The van der Waals surface area contributed by atoms with Crippen LogP contribution < -0.4 is 5.32 Å². The summed E-state index contributed by atoms with van der Waals surface area (Å²) in [4.78, 5) is 1.33. The van der Waals surface area contributed by atoms with Crippen LogP contribution in [0.1, 0.15) is 32.8 Å². The van der Waals surface area contributed by atoms with Crippen LogP contribution in [-0.4, -0.2) is 38.2 Å². The molecule has 0 amide bonds. The largest absolute Gasteiger partial charge is 0.382 e. The van der Waals surface area contributed by atoms with Gasteiger partial charge in [0.15, 0.2) is 0 Å². The van der Waals surface area contributed by atoms with Crippen LogP contribution in [0.3, 0.4) is 0 Å². The Morgan fingerprint density at radius 2 is 1.95 bits per heavy atom. The number of hydrogen-bond donors (Lipinski definition) is 1. The highest BCUT2D eigenvalue weighted by Gasteiger charge is 2.08. The van der Waals surface area contributed by atoms with E-state index in [9.17, 15) is 0 Å². The van der Waals surface area contributed by atoms with Crippen LogP contribution >= 0.6 is 11.8 Å². The van der Waals surface area contributed by atoms with E-state index < -0.39 is 0 Å². The molecule has 1 N–H and O–H groups in total. The number of thioether (sulfide) groups is 1. The lowest BCUT2D eigenvalue weighted by molar-refractivity contribution is 0.0713. The van der Waals surface area contributed by atoms with Gasteiger partial charge in [-0.3, -0.25) is 0 Å². The number of nitrogens with one attached hydrogen (secondary N) is 1. The molecular formula is C17H29NO2S.